The van der Waals surface area contributed by atoms with Crippen LogP contribution in [0.3, 0.4) is 0 Å². The fourth-order valence-corrected chi connectivity index (χ4v) is 5.28. The molecule has 0 saturated heterocycles. The van der Waals surface area contributed by atoms with E-state index in [0.717, 1.165) is 67.5 Å². The lowest BCUT2D eigenvalue weighted by atomic mass is 10.0. The van der Waals surface area contributed by atoms with Crippen LogP contribution in [-0.4, -0.2) is 25.5 Å². The molecule has 0 saturated carbocycles. The van der Waals surface area contributed by atoms with Crippen LogP contribution in [0.1, 0.15) is 19.8 Å². The Balaban J connectivity index is 1.76. The van der Waals surface area contributed by atoms with E-state index in [1.807, 2.05) is 12.1 Å². The Kier molecular flexibility index (Phi) is 6.14. The van der Waals surface area contributed by atoms with Gasteiger partial charge in [0.15, 0.2) is 11.0 Å². The fraction of sp³-hybridized carbons (Fsp3) is 0.154. The van der Waals surface area contributed by atoms with Gasteiger partial charge in [0.1, 0.15) is 0 Å². The summed E-state index contributed by atoms with van der Waals surface area (Å²) in [6.07, 6.45) is 2.31. The Morgan fingerprint density at radius 1 is 0.938 bits per heavy atom. The second-order valence-corrected chi connectivity index (χ2v) is 9.59. The number of hydrogen-bond donors (Lipinski definition) is 1. The molecule has 0 radical (unpaired) electrons. The van der Waals surface area contributed by atoms with E-state index in [1.165, 1.54) is 0 Å². The maximum absolute atomic E-state index is 4.69. The monoisotopic (exact) mass is 502 g/mol. The van der Waals surface area contributed by atoms with Crippen molar-refractivity contribution in [3.8, 4) is 28.3 Å². The molecule has 0 aliphatic heterocycles. The number of unbranched alkanes of at least 4 members (excludes halogenated alkanes) is 1. The van der Waals surface area contributed by atoms with Crippen molar-refractivity contribution < 1.29 is 0 Å². The molecule has 0 bridgehead atoms. The fourth-order valence-electron chi connectivity index (χ4n) is 3.88. The number of hydrogen-bond acceptors (Lipinski definition) is 3. The number of thioether (sulfide) groups is 1. The van der Waals surface area contributed by atoms with Gasteiger partial charge in [-0.1, -0.05) is 89.6 Å². The molecule has 3 aromatic carbocycles. The number of para-hydroxylation sites is 1. The number of rotatable bonds is 7. The van der Waals surface area contributed by atoms with E-state index >= 15 is 0 Å². The molecule has 5 rings (SSSR count). The van der Waals surface area contributed by atoms with Gasteiger partial charge in [-0.05, 0) is 42.3 Å². The van der Waals surface area contributed by atoms with Gasteiger partial charge in [0.25, 0.3) is 0 Å². The molecule has 32 heavy (non-hydrogen) atoms. The van der Waals surface area contributed by atoms with Gasteiger partial charge in [0, 0.05) is 32.4 Å². The van der Waals surface area contributed by atoms with Crippen molar-refractivity contribution in [3.63, 3.8) is 0 Å². The summed E-state index contributed by atoms with van der Waals surface area (Å²) in [6.45, 7) is 2.21. The minimum absolute atomic E-state index is 0.821. The number of H-pyrrole nitrogens is 1. The molecule has 0 unspecified atom stereocenters. The summed E-state index contributed by atoms with van der Waals surface area (Å²) in [5.41, 5.74) is 5.39. The Bertz CT molecular complexity index is 1340. The second kappa shape index (κ2) is 9.35. The van der Waals surface area contributed by atoms with Gasteiger partial charge in [-0.2, -0.15) is 0 Å². The largest absolute Gasteiger partial charge is 0.351 e. The number of nitrogens with zero attached hydrogens (tertiary/aromatic N) is 3. The van der Waals surface area contributed by atoms with Crippen LogP contribution in [0.25, 0.3) is 39.2 Å². The summed E-state index contributed by atoms with van der Waals surface area (Å²) in [7, 11) is 0. The first-order chi connectivity index (χ1) is 15.8. The van der Waals surface area contributed by atoms with Gasteiger partial charge in [0.05, 0.1) is 5.69 Å². The number of fused-ring (bicyclic) bond motifs is 1. The van der Waals surface area contributed by atoms with Gasteiger partial charge in [-0.15, -0.1) is 10.2 Å². The molecule has 4 nitrogen and oxygen atoms in total. The summed E-state index contributed by atoms with van der Waals surface area (Å²) in [4.78, 5) is 3.64. The first-order valence-corrected chi connectivity index (χ1v) is 12.5. The van der Waals surface area contributed by atoms with Crippen LogP contribution in [0, 0.1) is 0 Å². The van der Waals surface area contributed by atoms with E-state index in [-0.39, 0.29) is 0 Å². The molecule has 0 spiro atoms. The molecule has 0 aliphatic rings. The molecule has 0 fully saturated rings. The highest BCUT2D eigenvalue weighted by molar-refractivity contribution is 9.10. The number of aromatic nitrogens is 4. The van der Waals surface area contributed by atoms with Crippen molar-refractivity contribution in [1.82, 2.24) is 19.7 Å². The minimum atomic E-state index is 0.821. The third-order valence-electron chi connectivity index (χ3n) is 5.42. The summed E-state index contributed by atoms with van der Waals surface area (Å²) in [5, 5.41) is 11.4. The second-order valence-electron chi connectivity index (χ2n) is 7.61. The standard InChI is InChI=1S/C26H23BrN4S/c1-2-3-16-32-26-30-29-25(31(26)20-12-8-5-9-13-20)24-23(18-10-6-4-7-11-18)21-17-19(27)14-15-22(21)28-24/h4-15,17,28H,2-3,16H2,1H3. The zero-order valence-electron chi connectivity index (χ0n) is 17.8. The molecule has 5 aromatic rings. The molecule has 0 atom stereocenters. The Labute approximate surface area is 200 Å². The molecule has 1 N–H and O–H groups in total. The van der Waals surface area contributed by atoms with Crippen LogP contribution >= 0.6 is 27.7 Å². The first-order valence-electron chi connectivity index (χ1n) is 10.8. The van der Waals surface area contributed by atoms with Crippen LogP contribution in [0.4, 0.5) is 0 Å². The number of nitrogens with one attached hydrogen (secondary N) is 1. The van der Waals surface area contributed by atoms with Gasteiger partial charge in [0.2, 0.25) is 0 Å². The SMILES string of the molecule is CCCCSc1nnc(-c2[nH]c3ccc(Br)cc3c2-c2ccccc2)n1-c1ccccc1. The normalized spacial score (nSPS) is 11.3. The van der Waals surface area contributed by atoms with E-state index in [1.54, 1.807) is 11.8 Å². The van der Waals surface area contributed by atoms with Crippen LogP contribution in [0.15, 0.2) is 88.5 Å². The van der Waals surface area contributed by atoms with Crippen LogP contribution < -0.4 is 0 Å². The Morgan fingerprint density at radius 2 is 1.69 bits per heavy atom. The lowest BCUT2D eigenvalue weighted by Crippen LogP contribution is -2.00. The van der Waals surface area contributed by atoms with Crippen molar-refractivity contribution in [3.05, 3.63) is 83.3 Å². The molecule has 2 aromatic heterocycles. The number of halogens is 1. The smallest absolute Gasteiger partial charge is 0.196 e. The van der Waals surface area contributed by atoms with Gasteiger partial charge in [-0.25, -0.2) is 0 Å². The quantitative estimate of drug-likeness (QED) is 0.183. The molecule has 6 heteroatoms. The number of aromatic amines is 1. The van der Waals surface area contributed by atoms with Crippen LogP contribution in [0.5, 0.6) is 0 Å². The molecule has 160 valence electrons. The highest BCUT2D eigenvalue weighted by Crippen LogP contribution is 2.40. The summed E-state index contributed by atoms with van der Waals surface area (Å²) < 4.78 is 3.22. The zero-order chi connectivity index (χ0) is 21.9. The predicted molar refractivity (Wildman–Crippen MR) is 137 cm³/mol. The topological polar surface area (TPSA) is 46.5 Å². The maximum Gasteiger partial charge on any atom is 0.196 e. The predicted octanol–water partition coefficient (Wildman–Crippen LogP) is 7.74. The van der Waals surface area contributed by atoms with Crippen molar-refractivity contribution in [1.29, 1.82) is 0 Å². The highest BCUT2D eigenvalue weighted by Gasteiger charge is 2.23. The van der Waals surface area contributed by atoms with E-state index < -0.39 is 0 Å². The van der Waals surface area contributed by atoms with Crippen molar-refractivity contribution in [2.24, 2.45) is 0 Å². The van der Waals surface area contributed by atoms with Gasteiger partial charge in [-0.3, -0.25) is 4.57 Å². The van der Waals surface area contributed by atoms with E-state index in [0.29, 0.717) is 0 Å². The van der Waals surface area contributed by atoms with E-state index in [2.05, 4.69) is 104 Å². The molecule has 0 aliphatic carbocycles. The zero-order valence-corrected chi connectivity index (χ0v) is 20.2. The maximum atomic E-state index is 4.69. The average molecular weight is 503 g/mol. The molecule has 0 amide bonds. The first kappa shape index (κ1) is 21.0. The minimum Gasteiger partial charge on any atom is -0.351 e. The molecular weight excluding hydrogens is 480 g/mol. The summed E-state index contributed by atoms with van der Waals surface area (Å²) in [6, 6.07) is 27.2. The lowest BCUT2D eigenvalue weighted by Gasteiger charge is -2.11. The number of benzene rings is 3. The Hall–Kier alpha value is -2.83. The van der Waals surface area contributed by atoms with Crippen molar-refractivity contribution in [2.45, 2.75) is 24.9 Å². The third-order valence-corrected chi connectivity index (χ3v) is 6.93. The van der Waals surface area contributed by atoms with Crippen LogP contribution in [-0.2, 0) is 0 Å². The highest BCUT2D eigenvalue weighted by atomic mass is 79.9. The average Bonchev–Trinajstić information content (AvgIpc) is 3.41. The third kappa shape index (κ3) is 4.00. The van der Waals surface area contributed by atoms with E-state index in [9.17, 15) is 0 Å². The summed E-state index contributed by atoms with van der Waals surface area (Å²) in [5.74, 6) is 1.84. The lowest BCUT2D eigenvalue weighted by molar-refractivity contribution is 0.865. The molecular formula is C26H23BrN4S. The molecule has 2 heterocycles. The van der Waals surface area contributed by atoms with E-state index in [4.69, 9.17) is 5.10 Å². The van der Waals surface area contributed by atoms with Gasteiger partial charge >= 0.3 is 0 Å². The van der Waals surface area contributed by atoms with Crippen molar-refractivity contribution >= 4 is 38.6 Å². The van der Waals surface area contributed by atoms with Crippen molar-refractivity contribution in [2.75, 3.05) is 5.75 Å². The van der Waals surface area contributed by atoms with Gasteiger partial charge < -0.3 is 4.98 Å². The Morgan fingerprint density at radius 3 is 2.44 bits per heavy atom. The summed E-state index contributed by atoms with van der Waals surface area (Å²) >= 11 is 5.41. The van der Waals surface area contributed by atoms with Crippen LogP contribution in [0.2, 0.25) is 0 Å².